The number of benzene rings is 1. The first kappa shape index (κ1) is 21.8. The van der Waals surface area contributed by atoms with Crippen molar-refractivity contribution in [2.24, 2.45) is 0 Å². The lowest BCUT2D eigenvalue weighted by Crippen LogP contribution is -2.52. The molecular weight excluding hydrogens is 394 g/mol. The van der Waals surface area contributed by atoms with Gasteiger partial charge in [-0.1, -0.05) is 12.1 Å². The Morgan fingerprint density at radius 3 is 2.52 bits per heavy atom. The molecule has 31 heavy (non-hydrogen) atoms. The number of carbonyl (C=O) groups is 3. The fourth-order valence-electron chi connectivity index (χ4n) is 4.99. The second-order valence-corrected chi connectivity index (χ2v) is 9.94. The van der Waals surface area contributed by atoms with Gasteiger partial charge in [0.2, 0.25) is 11.8 Å². The molecule has 2 fully saturated rings. The summed E-state index contributed by atoms with van der Waals surface area (Å²) in [5.74, 6) is -0.0126. The van der Waals surface area contributed by atoms with Crippen LogP contribution in [0.1, 0.15) is 63.5 Å². The van der Waals surface area contributed by atoms with Crippen molar-refractivity contribution in [1.82, 2.24) is 10.2 Å². The van der Waals surface area contributed by atoms with E-state index in [2.05, 4.69) is 33.3 Å². The second-order valence-electron chi connectivity index (χ2n) is 9.94. The molecule has 0 bridgehead atoms. The molecule has 0 spiro atoms. The molecule has 3 aliphatic rings. The molecule has 2 saturated heterocycles. The zero-order valence-electron chi connectivity index (χ0n) is 18.8. The largest absolute Gasteiger partial charge is 0.459 e. The van der Waals surface area contributed by atoms with E-state index in [0.717, 1.165) is 44.6 Å². The minimum Gasteiger partial charge on any atom is -0.459 e. The molecule has 1 unspecified atom stereocenters. The minimum absolute atomic E-state index is 0.156. The van der Waals surface area contributed by atoms with Crippen molar-refractivity contribution in [1.29, 1.82) is 0 Å². The summed E-state index contributed by atoms with van der Waals surface area (Å²) in [5.41, 5.74) is 3.32. The van der Waals surface area contributed by atoms with E-state index in [9.17, 15) is 14.4 Å². The van der Waals surface area contributed by atoms with Crippen molar-refractivity contribution in [3.05, 3.63) is 29.3 Å². The molecule has 2 amide bonds. The van der Waals surface area contributed by atoms with E-state index in [1.165, 1.54) is 11.1 Å². The number of carbonyl (C=O) groups excluding carboxylic acids is 3. The summed E-state index contributed by atoms with van der Waals surface area (Å²) >= 11 is 0. The number of amides is 2. The molecule has 7 heteroatoms. The quantitative estimate of drug-likeness (QED) is 0.587. The highest BCUT2D eigenvalue weighted by molar-refractivity contribution is 6.01. The lowest BCUT2D eigenvalue weighted by molar-refractivity contribution is -0.156. The molecule has 1 N–H and O–H groups in total. The monoisotopic (exact) mass is 427 g/mol. The molecule has 3 heterocycles. The van der Waals surface area contributed by atoms with Gasteiger partial charge in [-0.3, -0.25) is 24.6 Å². The summed E-state index contributed by atoms with van der Waals surface area (Å²) in [4.78, 5) is 40.2. The van der Waals surface area contributed by atoms with Crippen LogP contribution >= 0.6 is 0 Å². The third-order valence-corrected chi connectivity index (χ3v) is 6.45. The molecule has 168 valence electrons. The maximum Gasteiger partial charge on any atom is 0.320 e. The number of fused-ring (bicyclic) bond motifs is 1. The van der Waals surface area contributed by atoms with Crippen molar-refractivity contribution < 1.29 is 19.1 Å². The molecule has 0 aliphatic carbocycles. The zero-order chi connectivity index (χ0) is 22.2. The molecule has 4 rings (SSSR count). The van der Waals surface area contributed by atoms with Crippen LogP contribution in [0, 0.1) is 0 Å². The van der Waals surface area contributed by atoms with Gasteiger partial charge in [-0.2, -0.15) is 0 Å². The van der Waals surface area contributed by atoms with E-state index >= 15 is 0 Å². The van der Waals surface area contributed by atoms with E-state index in [-0.39, 0.29) is 23.8 Å². The zero-order valence-corrected chi connectivity index (χ0v) is 18.8. The summed E-state index contributed by atoms with van der Waals surface area (Å²) < 4.78 is 5.44. The summed E-state index contributed by atoms with van der Waals surface area (Å²) in [5, 5.41) is 2.47. The number of piperidine rings is 2. The Hall–Kier alpha value is -2.41. The number of rotatable bonds is 4. The van der Waals surface area contributed by atoms with Gasteiger partial charge in [-0.25, -0.2) is 0 Å². The van der Waals surface area contributed by atoms with Crippen molar-refractivity contribution in [3.63, 3.8) is 0 Å². The molecule has 1 aromatic carbocycles. The molecule has 3 aliphatic heterocycles. The molecule has 0 saturated carbocycles. The number of ether oxygens (including phenoxy) is 1. The first-order chi connectivity index (χ1) is 14.7. The average molecular weight is 428 g/mol. The summed E-state index contributed by atoms with van der Waals surface area (Å²) in [6.07, 6.45) is 3.97. The van der Waals surface area contributed by atoms with Crippen LogP contribution in [0.4, 0.5) is 5.69 Å². The first-order valence-corrected chi connectivity index (χ1v) is 11.4. The molecule has 1 aromatic rings. The Morgan fingerprint density at radius 2 is 1.84 bits per heavy atom. The normalized spacial score (nSPS) is 22.9. The van der Waals surface area contributed by atoms with Crippen LogP contribution in [0.25, 0.3) is 0 Å². The lowest BCUT2D eigenvalue weighted by atomic mass is 9.88. The van der Waals surface area contributed by atoms with Crippen LogP contribution in [-0.4, -0.2) is 60.5 Å². The van der Waals surface area contributed by atoms with Crippen molar-refractivity contribution >= 4 is 23.5 Å². The minimum atomic E-state index is -0.443. The molecule has 1 atom stereocenters. The van der Waals surface area contributed by atoms with Gasteiger partial charge in [0.15, 0.2) is 0 Å². The number of likely N-dealkylation sites (tertiary alicyclic amines) is 1. The van der Waals surface area contributed by atoms with Crippen molar-refractivity contribution in [3.8, 4) is 0 Å². The number of nitrogens with one attached hydrogen (secondary N) is 1. The molecule has 0 radical (unpaired) electrons. The number of nitrogens with zero attached hydrogens (tertiary/aromatic N) is 2. The van der Waals surface area contributed by atoms with Gasteiger partial charge in [-0.05, 0) is 82.7 Å². The van der Waals surface area contributed by atoms with Crippen LogP contribution in [0.5, 0.6) is 0 Å². The highest BCUT2D eigenvalue weighted by Gasteiger charge is 2.35. The Bertz CT molecular complexity index is 868. The second kappa shape index (κ2) is 8.61. The van der Waals surface area contributed by atoms with E-state index in [0.29, 0.717) is 25.3 Å². The number of anilines is 1. The molecule has 0 aromatic heterocycles. The van der Waals surface area contributed by atoms with Gasteiger partial charge in [0, 0.05) is 18.7 Å². The van der Waals surface area contributed by atoms with Gasteiger partial charge < -0.3 is 9.64 Å². The fourth-order valence-corrected chi connectivity index (χ4v) is 4.99. The predicted octanol–water partition coefficient (Wildman–Crippen LogP) is 2.38. The Balaban J connectivity index is 1.35. The van der Waals surface area contributed by atoms with Crippen LogP contribution in [0.15, 0.2) is 18.2 Å². The lowest BCUT2D eigenvalue weighted by Gasteiger charge is -2.33. The summed E-state index contributed by atoms with van der Waals surface area (Å²) in [6, 6.07) is 6.39. The maximum atomic E-state index is 12.3. The van der Waals surface area contributed by atoms with E-state index < -0.39 is 5.60 Å². The molecular formula is C24H33N3O4. The fraction of sp³-hybridized carbons (Fsp3) is 0.625. The average Bonchev–Trinajstić information content (AvgIpc) is 3.10. The van der Waals surface area contributed by atoms with Crippen LogP contribution in [0.3, 0.4) is 0 Å². The maximum absolute atomic E-state index is 12.3. The predicted molar refractivity (Wildman–Crippen MR) is 118 cm³/mol. The SMILES string of the molecule is CC(C)(C)OC(=O)CN1CCC(c2ccc3c(c2)CCN3C2CCC(=O)NC2=O)CC1. The third kappa shape index (κ3) is 5.09. The Labute approximate surface area is 184 Å². The Kier molecular flexibility index (Phi) is 6.06. The standard InChI is InChI=1S/C24H33N3O4/c1-24(2,3)31-22(29)15-26-11-8-16(9-12-26)17-4-5-19-18(14-17)10-13-27(19)20-6-7-21(28)25-23(20)30/h4-5,14,16,20H,6-13,15H2,1-3H3,(H,25,28,30). The van der Waals surface area contributed by atoms with Gasteiger partial charge in [0.25, 0.3) is 0 Å². The van der Waals surface area contributed by atoms with Gasteiger partial charge in [-0.15, -0.1) is 0 Å². The van der Waals surface area contributed by atoms with Crippen LogP contribution in [-0.2, 0) is 25.5 Å². The van der Waals surface area contributed by atoms with Crippen LogP contribution in [0.2, 0.25) is 0 Å². The molecule has 7 nitrogen and oxygen atoms in total. The van der Waals surface area contributed by atoms with Gasteiger partial charge in [0.05, 0.1) is 6.54 Å². The number of esters is 1. The Morgan fingerprint density at radius 1 is 1.10 bits per heavy atom. The van der Waals surface area contributed by atoms with E-state index in [1.807, 2.05) is 20.8 Å². The summed E-state index contributed by atoms with van der Waals surface area (Å²) in [7, 11) is 0. The van der Waals surface area contributed by atoms with Crippen molar-refractivity contribution in [2.45, 2.75) is 70.4 Å². The first-order valence-electron chi connectivity index (χ1n) is 11.4. The van der Waals surface area contributed by atoms with E-state index in [4.69, 9.17) is 4.74 Å². The van der Waals surface area contributed by atoms with Gasteiger partial charge >= 0.3 is 5.97 Å². The topological polar surface area (TPSA) is 79.0 Å². The van der Waals surface area contributed by atoms with E-state index in [1.54, 1.807) is 0 Å². The highest BCUT2D eigenvalue weighted by atomic mass is 16.6. The smallest absolute Gasteiger partial charge is 0.320 e. The van der Waals surface area contributed by atoms with Crippen molar-refractivity contribution in [2.75, 3.05) is 31.1 Å². The number of imide groups is 1. The third-order valence-electron chi connectivity index (χ3n) is 6.45. The van der Waals surface area contributed by atoms with Crippen LogP contribution < -0.4 is 10.2 Å². The highest BCUT2D eigenvalue weighted by Crippen LogP contribution is 2.36. The number of hydrogen-bond acceptors (Lipinski definition) is 6. The van der Waals surface area contributed by atoms with Gasteiger partial charge in [0.1, 0.15) is 11.6 Å². The number of hydrogen-bond donors (Lipinski definition) is 1. The summed E-state index contributed by atoms with van der Waals surface area (Å²) in [6.45, 7) is 8.65.